The zero-order valence-corrected chi connectivity index (χ0v) is 19.2. The van der Waals surface area contributed by atoms with E-state index in [2.05, 4.69) is 28.6 Å². The summed E-state index contributed by atoms with van der Waals surface area (Å²) < 4.78 is 0. The lowest BCUT2D eigenvalue weighted by Crippen LogP contribution is -2.59. The lowest BCUT2D eigenvalue weighted by atomic mass is 10.0. The number of hydrogen-bond donors (Lipinski definition) is 7. The molecule has 0 aliphatic carbocycles. The average Bonchev–Trinajstić information content (AvgIpc) is 2.74. The SMILES string of the molecule is CC(C)C(NC(=O)C(CS)NC(=O)C(N)Cc1ccccc1)C(=O)NC(CC(=O)O)C(=O)O. The van der Waals surface area contributed by atoms with Gasteiger partial charge in [-0.05, 0) is 17.9 Å². The fourth-order valence-corrected chi connectivity index (χ4v) is 3.12. The first-order chi connectivity index (χ1) is 15.5. The van der Waals surface area contributed by atoms with E-state index in [0.29, 0.717) is 0 Å². The number of carbonyl (C=O) groups is 5. The summed E-state index contributed by atoms with van der Waals surface area (Å²) >= 11 is 4.08. The minimum Gasteiger partial charge on any atom is -0.481 e. The van der Waals surface area contributed by atoms with E-state index in [0.717, 1.165) is 5.56 Å². The van der Waals surface area contributed by atoms with Gasteiger partial charge in [-0.15, -0.1) is 0 Å². The normalized spacial score (nSPS) is 14.5. The maximum atomic E-state index is 12.7. The highest BCUT2D eigenvalue weighted by atomic mass is 32.1. The maximum Gasteiger partial charge on any atom is 0.326 e. The molecule has 1 aromatic carbocycles. The Morgan fingerprint density at radius 2 is 1.48 bits per heavy atom. The molecule has 0 fully saturated rings. The largest absolute Gasteiger partial charge is 0.481 e. The number of thiol groups is 1. The predicted molar refractivity (Wildman–Crippen MR) is 122 cm³/mol. The van der Waals surface area contributed by atoms with Crippen molar-refractivity contribution >= 4 is 42.3 Å². The van der Waals surface area contributed by atoms with E-state index in [9.17, 15) is 24.0 Å². The van der Waals surface area contributed by atoms with E-state index in [1.54, 1.807) is 13.8 Å². The Morgan fingerprint density at radius 3 is 1.97 bits per heavy atom. The van der Waals surface area contributed by atoms with Crippen LogP contribution in [-0.2, 0) is 30.4 Å². The van der Waals surface area contributed by atoms with Gasteiger partial charge in [0.15, 0.2) is 0 Å². The number of carbonyl (C=O) groups excluding carboxylic acids is 3. The molecule has 4 atom stereocenters. The Morgan fingerprint density at radius 1 is 0.909 bits per heavy atom. The van der Waals surface area contributed by atoms with E-state index >= 15 is 0 Å². The van der Waals surface area contributed by atoms with E-state index < -0.39 is 66.2 Å². The lowest BCUT2D eigenvalue weighted by molar-refractivity contribution is -0.147. The number of amides is 3. The van der Waals surface area contributed by atoms with Gasteiger partial charge < -0.3 is 31.9 Å². The van der Waals surface area contributed by atoms with E-state index in [1.807, 2.05) is 30.3 Å². The lowest BCUT2D eigenvalue weighted by Gasteiger charge is -2.26. The summed E-state index contributed by atoms with van der Waals surface area (Å²) in [6.45, 7) is 3.23. The molecule has 0 aromatic heterocycles. The Bertz CT molecular complexity index is 850. The first-order valence-corrected chi connectivity index (χ1v) is 10.9. The highest BCUT2D eigenvalue weighted by molar-refractivity contribution is 7.80. The monoisotopic (exact) mass is 482 g/mol. The number of rotatable bonds is 13. The molecular formula is C21H30N4O7S. The quantitative estimate of drug-likeness (QED) is 0.177. The molecule has 33 heavy (non-hydrogen) atoms. The minimum absolute atomic E-state index is 0.0845. The van der Waals surface area contributed by atoms with Crippen LogP contribution in [0.2, 0.25) is 0 Å². The van der Waals surface area contributed by atoms with Crippen LogP contribution in [0.25, 0.3) is 0 Å². The summed E-state index contributed by atoms with van der Waals surface area (Å²) in [5.74, 6) is -5.64. The number of hydrogen-bond acceptors (Lipinski definition) is 7. The molecule has 0 radical (unpaired) electrons. The van der Waals surface area contributed by atoms with Crippen molar-refractivity contribution in [2.75, 3.05) is 5.75 Å². The van der Waals surface area contributed by atoms with Crippen molar-refractivity contribution in [3.8, 4) is 0 Å². The summed E-state index contributed by atoms with van der Waals surface area (Å²) in [7, 11) is 0. The van der Waals surface area contributed by atoms with Crippen molar-refractivity contribution in [1.82, 2.24) is 16.0 Å². The molecule has 11 nitrogen and oxygen atoms in total. The van der Waals surface area contributed by atoms with Crippen LogP contribution in [0.4, 0.5) is 0 Å². The van der Waals surface area contributed by atoms with Crippen LogP contribution in [0.15, 0.2) is 30.3 Å². The van der Waals surface area contributed by atoms with Gasteiger partial charge >= 0.3 is 11.9 Å². The van der Waals surface area contributed by atoms with Gasteiger partial charge in [0.2, 0.25) is 17.7 Å². The minimum atomic E-state index is -1.66. The number of aliphatic carboxylic acids is 2. The molecule has 4 unspecified atom stereocenters. The molecule has 182 valence electrons. The summed E-state index contributed by atoms with van der Waals surface area (Å²) in [6.07, 6.45) is -0.570. The van der Waals surface area contributed by atoms with E-state index in [-0.39, 0.29) is 12.2 Å². The zero-order valence-electron chi connectivity index (χ0n) is 18.4. The Kier molecular flexibility index (Phi) is 11.4. The Balaban J connectivity index is 2.80. The molecule has 0 saturated heterocycles. The molecular weight excluding hydrogens is 452 g/mol. The maximum absolute atomic E-state index is 12.7. The van der Waals surface area contributed by atoms with Crippen molar-refractivity contribution in [1.29, 1.82) is 0 Å². The number of carboxylic acids is 2. The molecule has 1 rings (SSSR count). The summed E-state index contributed by atoms with van der Waals surface area (Å²) in [5.41, 5.74) is 6.78. The van der Waals surface area contributed by atoms with E-state index in [4.69, 9.17) is 15.9 Å². The molecule has 7 N–H and O–H groups in total. The van der Waals surface area contributed by atoms with Crippen LogP contribution in [0, 0.1) is 5.92 Å². The van der Waals surface area contributed by atoms with Crippen molar-refractivity contribution < 1.29 is 34.2 Å². The molecule has 12 heteroatoms. The van der Waals surface area contributed by atoms with Crippen molar-refractivity contribution in [3.05, 3.63) is 35.9 Å². The fraction of sp³-hybridized carbons (Fsp3) is 0.476. The van der Waals surface area contributed by atoms with Gasteiger partial charge in [-0.3, -0.25) is 19.2 Å². The molecule has 0 saturated carbocycles. The molecule has 0 heterocycles. The molecule has 0 aliphatic heterocycles. The average molecular weight is 483 g/mol. The topological polar surface area (TPSA) is 188 Å². The standard InChI is InChI=1S/C21H30N4O7S/c1-11(2)17(20(30)23-14(21(31)32)9-16(26)27)25-19(29)15(10-33)24-18(28)13(22)8-12-6-4-3-5-7-12/h3-7,11,13-15,17,33H,8-10,22H2,1-2H3,(H,23,30)(H,24,28)(H,25,29)(H,26,27)(H,31,32). The first kappa shape index (κ1) is 27.9. The van der Waals surface area contributed by atoms with Crippen LogP contribution in [0.5, 0.6) is 0 Å². The molecule has 0 spiro atoms. The van der Waals surface area contributed by atoms with Crippen molar-refractivity contribution in [3.63, 3.8) is 0 Å². The number of carboxylic acid groups (broad SMARTS) is 2. The third-order valence-corrected chi connectivity index (χ3v) is 5.06. The highest BCUT2D eigenvalue weighted by Crippen LogP contribution is 2.06. The number of benzene rings is 1. The highest BCUT2D eigenvalue weighted by Gasteiger charge is 2.32. The van der Waals surface area contributed by atoms with Crippen LogP contribution in [-0.4, -0.2) is 69.8 Å². The van der Waals surface area contributed by atoms with Crippen LogP contribution < -0.4 is 21.7 Å². The van der Waals surface area contributed by atoms with Gasteiger partial charge in [0.25, 0.3) is 0 Å². The van der Waals surface area contributed by atoms with Gasteiger partial charge in [-0.25, -0.2) is 4.79 Å². The summed E-state index contributed by atoms with van der Waals surface area (Å²) in [5, 5.41) is 25.0. The second-order valence-corrected chi connectivity index (χ2v) is 8.13. The first-order valence-electron chi connectivity index (χ1n) is 10.2. The smallest absolute Gasteiger partial charge is 0.326 e. The van der Waals surface area contributed by atoms with Crippen LogP contribution >= 0.6 is 12.6 Å². The number of nitrogens with one attached hydrogen (secondary N) is 3. The molecule has 0 bridgehead atoms. The Labute approximate surface area is 196 Å². The van der Waals surface area contributed by atoms with Crippen molar-refractivity contribution in [2.45, 2.75) is 50.9 Å². The summed E-state index contributed by atoms with van der Waals surface area (Å²) in [4.78, 5) is 59.8. The molecule has 1 aromatic rings. The molecule has 0 aliphatic rings. The van der Waals surface area contributed by atoms with Crippen LogP contribution in [0.3, 0.4) is 0 Å². The van der Waals surface area contributed by atoms with Gasteiger partial charge in [0.05, 0.1) is 12.5 Å². The van der Waals surface area contributed by atoms with Gasteiger partial charge in [0, 0.05) is 5.75 Å². The second-order valence-electron chi connectivity index (χ2n) is 7.77. The zero-order chi connectivity index (χ0) is 25.1. The third kappa shape index (κ3) is 9.49. The third-order valence-electron chi connectivity index (χ3n) is 4.69. The summed E-state index contributed by atoms with van der Waals surface area (Å²) in [6, 6.07) is 4.23. The Hall–Kier alpha value is -3.12. The molecule has 3 amide bonds. The van der Waals surface area contributed by atoms with Gasteiger partial charge in [-0.1, -0.05) is 44.2 Å². The number of nitrogens with two attached hydrogens (primary N) is 1. The predicted octanol–water partition coefficient (Wildman–Crippen LogP) is -0.844. The van der Waals surface area contributed by atoms with Crippen LogP contribution in [0.1, 0.15) is 25.8 Å². The van der Waals surface area contributed by atoms with E-state index in [1.165, 1.54) is 0 Å². The van der Waals surface area contributed by atoms with Gasteiger partial charge in [0.1, 0.15) is 18.1 Å². The van der Waals surface area contributed by atoms with Gasteiger partial charge in [-0.2, -0.15) is 12.6 Å². The fourth-order valence-electron chi connectivity index (χ4n) is 2.86. The second kappa shape index (κ2) is 13.4. The van der Waals surface area contributed by atoms with Crippen molar-refractivity contribution in [2.24, 2.45) is 11.7 Å².